The van der Waals surface area contributed by atoms with Crippen LogP contribution in [0.5, 0.6) is 0 Å². The molecule has 0 unspecified atom stereocenters. The van der Waals surface area contributed by atoms with Gasteiger partial charge in [0.2, 0.25) is 5.91 Å². The number of rotatable bonds is 35. The molecule has 0 aliphatic carbocycles. The molecule has 0 saturated carbocycles. The number of carbonyl (C=O) groups is 2. The van der Waals surface area contributed by atoms with Gasteiger partial charge in [-0.2, -0.15) is 0 Å². The zero-order valence-corrected chi connectivity index (χ0v) is 33.0. The monoisotopic (exact) mass is 681 g/mol. The quantitative estimate of drug-likeness (QED) is 0.0579. The van der Waals surface area contributed by atoms with Crippen LogP contribution in [0.25, 0.3) is 0 Å². The third-order valence-electron chi connectivity index (χ3n) is 9.34. The average molecular weight is 681 g/mol. The fourth-order valence-corrected chi connectivity index (χ4v) is 6.36. The summed E-state index contributed by atoms with van der Waals surface area (Å²) in [6.45, 7) is 14.3. The number of amides is 2. The molecular formula is C41H84N4O3. The number of nitrogens with two attached hydrogens (primary N) is 1. The number of hydrogen-bond acceptors (Lipinski definition) is 5. The maximum atomic E-state index is 13.1. The molecule has 0 radical (unpaired) electrons. The number of carbonyl (C=O) groups excluding carboxylic acids is 2. The molecule has 286 valence electrons. The highest BCUT2D eigenvalue weighted by atomic mass is 16.6. The SMILES string of the molecule is CCCCCCCCCCCCCCN(CCCCCCCCCCCCCC)CCNC(=O)[C@H](CCCCN)NC(=O)OC(C)(C)C. The Morgan fingerprint density at radius 3 is 1.35 bits per heavy atom. The van der Waals surface area contributed by atoms with Crippen molar-refractivity contribution >= 4 is 12.0 Å². The van der Waals surface area contributed by atoms with Crippen LogP contribution in [-0.2, 0) is 9.53 Å². The molecule has 0 fully saturated rings. The van der Waals surface area contributed by atoms with Gasteiger partial charge in [0.25, 0.3) is 0 Å². The molecular weight excluding hydrogens is 596 g/mol. The minimum absolute atomic E-state index is 0.131. The maximum Gasteiger partial charge on any atom is 0.408 e. The Balaban J connectivity index is 4.58. The van der Waals surface area contributed by atoms with E-state index in [-0.39, 0.29) is 5.91 Å². The van der Waals surface area contributed by atoms with Crippen molar-refractivity contribution in [2.75, 3.05) is 32.7 Å². The van der Waals surface area contributed by atoms with Gasteiger partial charge in [-0.25, -0.2) is 4.79 Å². The van der Waals surface area contributed by atoms with Gasteiger partial charge in [-0.05, 0) is 72.5 Å². The summed E-state index contributed by atoms with van der Waals surface area (Å²) in [7, 11) is 0. The summed E-state index contributed by atoms with van der Waals surface area (Å²) < 4.78 is 5.42. The summed E-state index contributed by atoms with van der Waals surface area (Å²) in [4.78, 5) is 28.1. The maximum absolute atomic E-state index is 13.1. The molecule has 0 aliphatic rings. The van der Waals surface area contributed by atoms with E-state index in [4.69, 9.17) is 10.5 Å². The molecule has 48 heavy (non-hydrogen) atoms. The van der Waals surface area contributed by atoms with Crippen molar-refractivity contribution in [1.82, 2.24) is 15.5 Å². The Morgan fingerprint density at radius 2 is 0.979 bits per heavy atom. The second-order valence-corrected chi connectivity index (χ2v) is 15.4. The number of nitrogens with zero attached hydrogens (tertiary/aromatic N) is 1. The third-order valence-corrected chi connectivity index (χ3v) is 9.34. The van der Waals surface area contributed by atoms with E-state index in [9.17, 15) is 9.59 Å². The molecule has 0 saturated heterocycles. The number of hydrogen-bond donors (Lipinski definition) is 3. The molecule has 7 nitrogen and oxygen atoms in total. The van der Waals surface area contributed by atoms with Gasteiger partial charge in [-0.3, -0.25) is 4.79 Å². The van der Waals surface area contributed by atoms with Crippen molar-refractivity contribution in [1.29, 1.82) is 0 Å². The van der Waals surface area contributed by atoms with Gasteiger partial charge in [0, 0.05) is 13.1 Å². The fourth-order valence-electron chi connectivity index (χ4n) is 6.36. The van der Waals surface area contributed by atoms with Crippen LogP contribution < -0.4 is 16.4 Å². The van der Waals surface area contributed by atoms with Gasteiger partial charge in [-0.15, -0.1) is 0 Å². The molecule has 0 aromatic rings. The summed E-state index contributed by atoms with van der Waals surface area (Å²) in [6.07, 6.45) is 34.3. The van der Waals surface area contributed by atoms with Gasteiger partial charge in [0.1, 0.15) is 11.6 Å². The summed E-state index contributed by atoms with van der Waals surface area (Å²) in [5.74, 6) is -0.131. The smallest absolute Gasteiger partial charge is 0.408 e. The first-order chi connectivity index (χ1) is 23.2. The first kappa shape index (κ1) is 46.7. The van der Waals surface area contributed by atoms with E-state index in [0.29, 0.717) is 19.5 Å². The predicted octanol–water partition coefficient (Wildman–Crippen LogP) is 10.8. The van der Waals surface area contributed by atoms with Gasteiger partial charge >= 0.3 is 6.09 Å². The van der Waals surface area contributed by atoms with Gasteiger partial charge in [-0.1, -0.05) is 155 Å². The highest BCUT2D eigenvalue weighted by molar-refractivity contribution is 5.85. The third kappa shape index (κ3) is 33.2. The van der Waals surface area contributed by atoms with Gasteiger partial charge in [0.15, 0.2) is 0 Å². The molecule has 2 amide bonds. The summed E-state index contributed by atoms with van der Waals surface area (Å²) in [5, 5.41) is 5.92. The molecule has 4 N–H and O–H groups in total. The molecule has 0 rings (SSSR count). The average Bonchev–Trinajstić information content (AvgIpc) is 3.04. The Hall–Kier alpha value is -1.34. The highest BCUT2D eigenvalue weighted by Gasteiger charge is 2.24. The first-order valence-corrected chi connectivity index (χ1v) is 20.9. The molecule has 0 aromatic carbocycles. The zero-order valence-electron chi connectivity index (χ0n) is 33.0. The van der Waals surface area contributed by atoms with Crippen LogP contribution in [0.2, 0.25) is 0 Å². The Bertz CT molecular complexity index is 684. The summed E-state index contributed by atoms with van der Waals surface area (Å²) >= 11 is 0. The molecule has 0 bridgehead atoms. The van der Waals surface area contributed by atoms with E-state index in [1.165, 1.54) is 154 Å². The van der Waals surface area contributed by atoms with Crippen LogP contribution in [0.1, 0.15) is 208 Å². The largest absolute Gasteiger partial charge is 0.444 e. The minimum atomic E-state index is -0.607. The molecule has 7 heteroatoms. The number of ether oxygens (including phenoxy) is 1. The fraction of sp³-hybridized carbons (Fsp3) is 0.951. The number of nitrogens with one attached hydrogen (secondary N) is 2. The van der Waals surface area contributed by atoms with Crippen molar-refractivity contribution < 1.29 is 14.3 Å². The van der Waals surface area contributed by atoms with Crippen LogP contribution >= 0.6 is 0 Å². The highest BCUT2D eigenvalue weighted by Crippen LogP contribution is 2.14. The van der Waals surface area contributed by atoms with E-state index in [2.05, 4.69) is 29.4 Å². The van der Waals surface area contributed by atoms with Gasteiger partial charge in [0.05, 0.1) is 0 Å². The summed E-state index contributed by atoms with van der Waals surface area (Å²) in [6, 6.07) is -0.604. The van der Waals surface area contributed by atoms with Crippen molar-refractivity contribution in [3.63, 3.8) is 0 Å². The number of alkyl carbamates (subject to hydrolysis) is 1. The van der Waals surface area contributed by atoms with E-state index in [1.54, 1.807) is 0 Å². The molecule has 1 atom stereocenters. The second-order valence-electron chi connectivity index (χ2n) is 15.4. The lowest BCUT2D eigenvalue weighted by molar-refractivity contribution is -0.123. The lowest BCUT2D eigenvalue weighted by Gasteiger charge is -2.25. The van der Waals surface area contributed by atoms with Gasteiger partial charge < -0.3 is 26.0 Å². The molecule has 0 spiro atoms. The van der Waals surface area contributed by atoms with Crippen molar-refractivity contribution in [3.8, 4) is 0 Å². The number of unbranched alkanes of at least 4 members (excludes halogenated alkanes) is 23. The molecule has 0 aliphatic heterocycles. The Kier molecular flexibility index (Phi) is 33.2. The van der Waals surface area contributed by atoms with Crippen LogP contribution in [0, 0.1) is 0 Å². The van der Waals surface area contributed by atoms with Crippen molar-refractivity contribution in [3.05, 3.63) is 0 Å². The van der Waals surface area contributed by atoms with E-state index in [0.717, 1.165) is 32.5 Å². The Morgan fingerprint density at radius 1 is 0.583 bits per heavy atom. The standard InChI is InChI=1S/C41H84N4O3/c1-6-8-10-12-14-16-18-20-22-24-26-30-35-45(36-31-27-25-23-21-19-17-15-13-11-9-7-2)37-34-43-39(46)38(32-28-29-33-42)44-40(47)48-41(3,4)5/h38H,6-37,42H2,1-5H3,(H,43,46)(H,44,47)/t38-/m0/s1. The predicted molar refractivity (Wildman–Crippen MR) is 208 cm³/mol. The first-order valence-electron chi connectivity index (χ1n) is 20.9. The minimum Gasteiger partial charge on any atom is -0.444 e. The van der Waals surface area contributed by atoms with Crippen molar-refractivity contribution in [2.45, 2.75) is 220 Å². The van der Waals surface area contributed by atoms with E-state index >= 15 is 0 Å². The normalized spacial score (nSPS) is 12.4. The van der Waals surface area contributed by atoms with Crippen molar-refractivity contribution in [2.24, 2.45) is 5.73 Å². The molecule has 0 aromatic heterocycles. The van der Waals surface area contributed by atoms with Crippen LogP contribution in [0.4, 0.5) is 4.79 Å². The molecule has 0 heterocycles. The van der Waals surface area contributed by atoms with E-state index < -0.39 is 17.7 Å². The lowest BCUT2D eigenvalue weighted by Crippen LogP contribution is -2.49. The van der Waals surface area contributed by atoms with Crippen LogP contribution in [-0.4, -0.2) is 61.3 Å². The summed E-state index contributed by atoms with van der Waals surface area (Å²) in [5.41, 5.74) is 5.07. The van der Waals surface area contributed by atoms with E-state index in [1.807, 2.05) is 20.8 Å². The lowest BCUT2D eigenvalue weighted by atomic mass is 10.0. The van der Waals surface area contributed by atoms with Crippen LogP contribution in [0.3, 0.4) is 0 Å². The Labute approximate surface area is 299 Å². The topological polar surface area (TPSA) is 96.7 Å². The zero-order chi connectivity index (χ0) is 35.6. The second kappa shape index (κ2) is 34.1. The van der Waals surface area contributed by atoms with Crippen LogP contribution in [0.15, 0.2) is 0 Å².